The van der Waals surface area contributed by atoms with Crippen LogP contribution in [0.15, 0.2) is 24.3 Å². The van der Waals surface area contributed by atoms with E-state index in [0.29, 0.717) is 24.8 Å². The van der Waals surface area contributed by atoms with Crippen LogP contribution in [-0.4, -0.2) is 81.6 Å². The number of carbonyl (C=O) groups is 1. The lowest BCUT2D eigenvalue weighted by Gasteiger charge is -2.59. The minimum absolute atomic E-state index is 0.0232. The summed E-state index contributed by atoms with van der Waals surface area (Å²) in [6.45, 7) is 2.95. The molecule has 0 radical (unpaired) electrons. The molecule has 5 aliphatic rings. The van der Waals surface area contributed by atoms with E-state index >= 15 is 0 Å². The molecule has 7 rings (SSSR count). The number of likely N-dealkylation sites (tertiary alicyclic amines) is 2. The second-order valence-electron chi connectivity index (χ2n) is 11.7. The quantitative estimate of drug-likeness (QED) is 0.671. The van der Waals surface area contributed by atoms with Crippen molar-refractivity contribution in [2.24, 2.45) is 11.3 Å². The van der Waals surface area contributed by atoms with Crippen molar-refractivity contribution < 1.29 is 23.1 Å². The number of H-pyrrole nitrogens is 1. The van der Waals surface area contributed by atoms with Gasteiger partial charge < -0.3 is 24.8 Å². The van der Waals surface area contributed by atoms with Crippen molar-refractivity contribution in [3.63, 3.8) is 0 Å². The predicted molar refractivity (Wildman–Crippen MR) is 123 cm³/mol. The number of nitrogens with one attached hydrogen (secondary N) is 1. The van der Waals surface area contributed by atoms with E-state index in [-0.39, 0.29) is 30.5 Å². The molecule has 0 unspecified atom stereocenters. The van der Waals surface area contributed by atoms with E-state index in [4.69, 9.17) is 0 Å². The molecule has 1 aromatic carbocycles. The molecule has 36 heavy (non-hydrogen) atoms. The minimum atomic E-state index is -4.12. The molecule has 11 heteroatoms. The van der Waals surface area contributed by atoms with E-state index in [9.17, 15) is 23.1 Å². The van der Waals surface area contributed by atoms with Crippen LogP contribution in [0.5, 0.6) is 0 Å². The van der Waals surface area contributed by atoms with Gasteiger partial charge in [0.25, 0.3) is 0 Å². The van der Waals surface area contributed by atoms with Crippen LogP contribution in [0.2, 0.25) is 0 Å². The van der Waals surface area contributed by atoms with Gasteiger partial charge in [-0.3, -0.25) is 0 Å². The SMILES string of the molecule is O=C(N1CC(c2ccc(N3CC(C(F)(F)F)C3)cc2)C1)N1CC2(CC(c3nnc(C4(O)CC4)[nH]3)C2)C1. The zero-order valence-electron chi connectivity index (χ0n) is 19.8. The standard InChI is InChI=1S/C25H29F3N6O2/c26-25(27,28)18-11-32(12-18)19-3-1-15(2-4-19)17-9-33(10-17)22(35)34-13-23(14-34)7-16(8-23)20-29-21(31-30-20)24(36)5-6-24/h1-4,16-18,36H,5-14H2,(H,29,30,31). The lowest BCUT2D eigenvalue weighted by molar-refractivity contribution is -0.180. The first kappa shape index (κ1) is 22.4. The van der Waals surface area contributed by atoms with Crippen molar-refractivity contribution in [2.45, 2.75) is 49.3 Å². The Morgan fingerprint density at radius 2 is 1.64 bits per heavy atom. The van der Waals surface area contributed by atoms with E-state index < -0.39 is 17.7 Å². The van der Waals surface area contributed by atoms with Gasteiger partial charge in [-0.1, -0.05) is 12.1 Å². The van der Waals surface area contributed by atoms with Gasteiger partial charge in [-0.15, -0.1) is 10.2 Å². The van der Waals surface area contributed by atoms with Crippen LogP contribution >= 0.6 is 0 Å². The number of benzene rings is 1. The summed E-state index contributed by atoms with van der Waals surface area (Å²) < 4.78 is 38.2. The van der Waals surface area contributed by atoms with Crippen LogP contribution in [0.1, 0.15) is 54.7 Å². The maximum atomic E-state index is 12.9. The van der Waals surface area contributed by atoms with E-state index in [1.165, 1.54) is 0 Å². The van der Waals surface area contributed by atoms with E-state index in [2.05, 4.69) is 15.2 Å². The average Bonchev–Trinajstić information content (AvgIpc) is 3.25. The number of anilines is 1. The molecular weight excluding hydrogens is 473 g/mol. The highest BCUT2D eigenvalue weighted by atomic mass is 19.4. The Bertz CT molecular complexity index is 1170. The monoisotopic (exact) mass is 502 g/mol. The summed E-state index contributed by atoms with van der Waals surface area (Å²) in [5.41, 5.74) is 1.34. The van der Waals surface area contributed by atoms with Gasteiger partial charge in [-0.25, -0.2) is 4.79 Å². The van der Waals surface area contributed by atoms with Gasteiger partial charge in [0.2, 0.25) is 0 Å². The van der Waals surface area contributed by atoms with Gasteiger partial charge in [0.15, 0.2) is 5.82 Å². The Morgan fingerprint density at radius 1 is 0.972 bits per heavy atom. The minimum Gasteiger partial charge on any atom is -0.382 e. The molecule has 2 saturated carbocycles. The second-order valence-corrected chi connectivity index (χ2v) is 11.7. The molecule has 0 bridgehead atoms. The number of alkyl halides is 3. The number of urea groups is 1. The maximum absolute atomic E-state index is 12.9. The van der Waals surface area contributed by atoms with Gasteiger partial charge in [0.1, 0.15) is 11.4 Å². The fourth-order valence-electron chi connectivity index (χ4n) is 6.26. The lowest BCUT2D eigenvalue weighted by Crippen LogP contribution is -2.67. The van der Waals surface area contributed by atoms with Crippen molar-refractivity contribution in [3.8, 4) is 0 Å². The molecule has 1 aromatic heterocycles. The molecule has 1 spiro atoms. The zero-order chi connectivity index (χ0) is 24.9. The number of aromatic amines is 1. The molecule has 8 nitrogen and oxygen atoms in total. The van der Waals surface area contributed by atoms with Crippen LogP contribution in [0, 0.1) is 11.3 Å². The zero-order valence-corrected chi connectivity index (χ0v) is 19.8. The third-order valence-corrected chi connectivity index (χ3v) is 8.96. The lowest BCUT2D eigenvalue weighted by atomic mass is 9.57. The predicted octanol–water partition coefficient (Wildman–Crippen LogP) is 3.18. The number of aliphatic hydroxyl groups is 1. The number of carbonyl (C=O) groups excluding carboxylic acids is 1. The van der Waals surface area contributed by atoms with Crippen LogP contribution in [0.25, 0.3) is 0 Å². The van der Waals surface area contributed by atoms with Crippen molar-refractivity contribution in [1.29, 1.82) is 0 Å². The number of nitrogens with zero attached hydrogens (tertiary/aromatic N) is 5. The molecule has 2 aliphatic carbocycles. The Kier molecular flexibility index (Phi) is 4.58. The van der Waals surface area contributed by atoms with Gasteiger partial charge in [0.05, 0.1) is 5.92 Å². The number of rotatable bonds is 4. The summed E-state index contributed by atoms with van der Waals surface area (Å²) in [4.78, 5) is 21.6. The average molecular weight is 503 g/mol. The van der Waals surface area contributed by atoms with Gasteiger partial charge in [-0.05, 0) is 43.4 Å². The summed E-state index contributed by atoms with van der Waals surface area (Å²) >= 11 is 0. The Labute approximate surface area is 206 Å². The second kappa shape index (κ2) is 7.36. The summed E-state index contributed by atoms with van der Waals surface area (Å²) in [5, 5.41) is 18.5. The Morgan fingerprint density at radius 3 is 2.25 bits per heavy atom. The van der Waals surface area contributed by atoms with Crippen LogP contribution in [0.4, 0.5) is 23.7 Å². The first-order chi connectivity index (χ1) is 17.1. The smallest absolute Gasteiger partial charge is 0.382 e. The van der Waals surface area contributed by atoms with Crippen LogP contribution in [0.3, 0.4) is 0 Å². The first-order valence-electron chi connectivity index (χ1n) is 12.7. The third-order valence-electron chi connectivity index (χ3n) is 8.96. The molecule has 2 aromatic rings. The number of amides is 2. The van der Waals surface area contributed by atoms with Crippen LogP contribution in [-0.2, 0) is 5.60 Å². The third kappa shape index (κ3) is 3.57. The van der Waals surface area contributed by atoms with Gasteiger partial charge in [0, 0.05) is 62.2 Å². The molecule has 2 N–H and O–H groups in total. The molecule has 4 heterocycles. The molecule has 2 amide bonds. The maximum Gasteiger partial charge on any atom is 0.395 e. The summed E-state index contributed by atoms with van der Waals surface area (Å²) in [5.74, 6) is 0.796. The number of aromatic nitrogens is 3. The molecule has 3 aliphatic heterocycles. The van der Waals surface area contributed by atoms with Crippen LogP contribution < -0.4 is 4.90 Å². The highest BCUT2D eigenvalue weighted by molar-refractivity contribution is 5.77. The number of hydrogen-bond donors (Lipinski definition) is 2. The molecular formula is C25H29F3N6O2. The summed E-state index contributed by atoms with van der Waals surface area (Å²) in [6.07, 6.45) is -0.671. The van der Waals surface area contributed by atoms with Crippen molar-refractivity contribution in [3.05, 3.63) is 41.5 Å². The topological polar surface area (TPSA) is 88.6 Å². The highest BCUT2D eigenvalue weighted by Crippen LogP contribution is 2.56. The summed E-state index contributed by atoms with van der Waals surface area (Å²) in [6, 6.07) is 7.83. The molecule has 192 valence electrons. The fourth-order valence-corrected chi connectivity index (χ4v) is 6.26. The molecule has 0 atom stereocenters. The van der Waals surface area contributed by atoms with E-state index in [1.807, 2.05) is 34.1 Å². The summed E-state index contributed by atoms with van der Waals surface area (Å²) in [7, 11) is 0. The van der Waals surface area contributed by atoms with Crippen molar-refractivity contribution >= 4 is 11.7 Å². The van der Waals surface area contributed by atoms with E-state index in [0.717, 1.165) is 55.8 Å². The van der Waals surface area contributed by atoms with Crippen molar-refractivity contribution in [1.82, 2.24) is 25.0 Å². The number of hydrogen-bond acceptors (Lipinski definition) is 5. The number of halogens is 3. The normalized spacial score (nSPS) is 25.3. The molecule has 3 saturated heterocycles. The fraction of sp³-hybridized carbons (Fsp3) is 0.640. The Balaban J connectivity index is 0.859. The molecule has 5 fully saturated rings. The van der Waals surface area contributed by atoms with E-state index in [1.54, 1.807) is 4.90 Å². The van der Waals surface area contributed by atoms with Gasteiger partial charge in [-0.2, -0.15) is 13.2 Å². The first-order valence-corrected chi connectivity index (χ1v) is 12.7. The van der Waals surface area contributed by atoms with Gasteiger partial charge >= 0.3 is 12.2 Å². The largest absolute Gasteiger partial charge is 0.395 e. The van der Waals surface area contributed by atoms with Crippen molar-refractivity contribution in [2.75, 3.05) is 44.2 Å². The highest BCUT2D eigenvalue weighted by Gasteiger charge is 2.56. The Hall–Kier alpha value is -2.82.